The first-order chi connectivity index (χ1) is 14.2. The van der Waals surface area contributed by atoms with Crippen LogP contribution in [0, 0.1) is 13.8 Å². The molecule has 0 amide bonds. The third kappa shape index (κ3) is 4.81. The van der Waals surface area contributed by atoms with Crippen LogP contribution in [0.1, 0.15) is 62.5 Å². The number of hydrogen-bond acceptors (Lipinski definition) is 4. The van der Waals surface area contributed by atoms with Gasteiger partial charge in [-0.25, -0.2) is 0 Å². The van der Waals surface area contributed by atoms with Crippen molar-refractivity contribution in [3.63, 3.8) is 0 Å². The summed E-state index contributed by atoms with van der Waals surface area (Å²) in [6.07, 6.45) is 10.4. The number of benzene rings is 1. The summed E-state index contributed by atoms with van der Waals surface area (Å²) in [4.78, 5) is 8.14. The Balaban J connectivity index is 1.34. The minimum absolute atomic E-state index is 0.326. The van der Waals surface area contributed by atoms with Gasteiger partial charge in [0, 0.05) is 63.1 Å². The van der Waals surface area contributed by atoms with Gasteiger partial charge in [-0.1, -0.05) is 31.4 Å². The van der Waals surface area contributed by atoms with Gasteiger partial charge in [-0.15, -0.1) is 0 Å². The van der Waals surface area contributed by atoms with Gasteiger partial charge in [-0.3, -0.25) is 9.80 Å². The van der Waals surface area contributed by atoms with E-state index in [1.54, 1.807) is 0 Å². The molecule has 4 heteroatoms. The van der Waals surface area contributed by atoms with Crippen LogP contribution in [0.4, 0.5) is 5.69 Å². The fraction of sp³-hybridized carbons (Fsp3) is 0.760. The predicted molar refractivity (Wildman–Crippen MR) is 122 cm³/mol. The highest BCUT2D eigenvalue weighted by molar-refractivity contribution is 5.56. The van der Waals surface area contributed by atoms with Crippen LogP contribution in [-0.4, -0.2) is 72.4 Å². The number of rotatable bonds is 5. The van der Waals surface area contributed by atoms with Crippen molar-refractivity contribution >= 4 is 5.69 Å². The van der Waals surface area contributed by atoms with Crippen LogP contribution in [0.15, 0.2) is 18.2 Å². The molecule has 1 aromatic rings. The van der Waals surface area contributed by atoms with Crippen LogP contribution < -0.4 is 4.90 Å². The van der Waals surface area contributed by atoms with Crippen molar-refractivity contribution in [3.8, 4) is 0 Å². The van der Waals surface area contributed by atoms with Crippen LogP contribution in [0.2, 0.25) is 0 Å². The van der Waals surface area contributed by atoms with Crippen LogP contribution in [0.5, 0.6) is 0 Å². The quantitative estimate of drug-likeness (QED) is 0.811. The molecule has 162 valence electrons. The van der Waals surface area contributed by atoms with Crippen LogP contribution in [-0.2, 0) is 0 Å². The van der Waals surface area contributed by atoms with Crippen molar-refractivity contribution < 1.29 is 5.11 Å². The topological polar surface area (TPSA) is 30.0 Å². The van der Waals surface area contributed by atoms with Gasteiger partial charge in [0.25, 0.3) is 0 Å². The molecule has 1 saturated carbocycles. The van der Waals surface area contributed by atoms with E-state index in [9.17, 15) is 5.11 Å². The lowest BCUT2D eigenvalue weighted by Crippen LogP contribution is -2.60. The van der Waals surface area contributed by atoms with E-state index < -0.39 is 0 Å². The third-order valence-electron chi connectivity index (χ3n) is 7.96. The first kappa shape index (κ1) is 21.1. The number of aryl methyl sites for hydroxylation is 1. The zero-order chi connectivity index (χ0) is 20.2. The Bertz CT molecular complexity index is 649. The van der Waals surface area contributed by atoms with E-state index in [1.165, 1.54) is 87.9 Å². The second-order valence-electron chi connectivity index (χ2n) is 9.63. The van der Waals surface area contributed by atoms with Gasteiger partial charge in [-0.05, 0) is 63.1 Å². The molecule has 1 N–H and O–H groups in total. The molecule has 1 aliphatic carbocycles. The molecule has 3 fully saturated rings. The maximum Gasteiger partial charge on any atom is 0.0446 e. The van der Waals surface area contributed by atoms with Crippen molar-refractivity contribution in [1.29, 1.82) is 0 Å². The maximum atomic E-state index is 9.69. The average Bonchev–Trinajstić information content (AvgIpc) is 2.77. The van der Waals surface area contributed by atoms with Gasteiger partial charge in [-0.2, -0.15) is 0 Å². The Morgan fingerprint density at radius 2 is 1.66 bits per heavy atom. The number of hydrogen-bond donors (Lipinski definition) is 1. The zero-order valence-electron chi connectivity index (χ0n) is 18.7. The number of piperidine rings is 1. The van der Waals surface area contributed by atoms with E-state index in [-0.39, 0.29) is 0 Å². The molecule has 2 saturated heterocycles. The van der Waals surface area contributed by atoms with E-state index in [4.69, 9.17) is 0 Å². The molecule has 0 spiro atoms. The lowest BCUT2D eigenvalue weighted by molar-refractivity contribution is -0.00352. The summed E-state index contributed by atoms with van der Waals surface area (Å²) in [6, 6.07) is 8.75. The van der Waals surface area contributed by atoms with Crippen LogP contribution in [0.25, 0.3) is 0 Å². The summed E-state index contributed by atoms with van der Waals surface area (Å²) in [5.41, 5.74) is 4.27. The molecular weight excluding hydrogens is 358 g/mol. The highest BCUT2D eigenvalue weighted by atomic mass is 16.3. The average molecular weight is 400 g/mol. The summed E-state index contributed by atoms with van der Waals surface area (Å²) in [5, 5.41) is 9.69. The molecule has 0 aromatic heterocycles. The summed E-state index contributed by atoms with van der Waals surface area (Å²) in [5.74, 6) is 0. The predicted octanol–water partition coefficient (Wildman–Crippen LogP) is 3.97. The molecule has 2 aliphatic heterocycles. The molecule has 2 heterocycles. The van der Waals surface area contributed by atoms with Gasteiger partial charge < -0.3 is 10.0 Å². The lowest BCUT2D eigenvalue weighted by Gasteiger charge is -2.49. The van der Waals surface area contributed by atoms with Crippen molar-refractivity contribution in [3.05, 3.63) is 29.3 Å². The maximum absolute atomic E-state index is 9.69. The lowest BCUT2D eigenvalue weighted by atomic mass is 9.91. The van der Waals surface area contributed by atoms with Gasteiger partial charge in [0.2, 0.25) is 0 Å². The van der Waals surface area contributed by atoms with Gasteiger partial charge in [0.15, 0.2) is 0 Å². The van der Waals surface area contributed by atoms with Gasteiger partial charge >= 0.3 is 0 Å². The molecule has 0 radical (unpaired) electrons. The SMILES string of the molecule is Cc1cccc(N2CCC(N3CCN(C4CCCCC4)C(CCO)C3)CC2)c1C. The Morgan fingerprint density at radius 3 is 2.38 bits per heavy atom. The molecule has 1 unspecified atom stereocenters. The van der Waals surface area contributed by atoms with Gasteiger partial charge in [0.05, 0.1) is 0 Å². The van der Waals surface area contributed by atoms with E-state index in [2.05, 4.69) is 46.7 Å². The van der Waals surface area contributed by atoms with E-state index >= 15 is 0 Å². The highest BCUT2D eigenvalue weighted by Crippen LogP contribution is 2.31. The van der Waals surface area contributed by atoms with E-state index in [1.807, 2.05) is 0 Å². The largest absolute Gasteiger partial charge is 0.396 e. The standard InChI is InChI=1S/C25H41N3O/c1-20-7-6-10-25(21(20)2)26-14-11-22(12-15-26)27-16-17-28(24(19-27)13-18-29)23-8-4-3-5-9-23/h6-7,10,22-24,29H,3-5,8-9,11-19H2,1-2H3. The number of nitrogens with zero attached hydrogens (tertiary/aromatic N) is 3. The minimum Gasteiger partial charge on any atom is -0.396 e. The second kappa shape index (κ2) is 9.80. The summed E-state index contributed by atoms with van der Waals surface area (Å²) in [7, 11) is 0. The summed E-state index contributed by atoms with van der Waals surface area (Å²) < 4.78 is 0. The smallest absolute Gasteiger partial charge is 0.0446 e. The van der Waals surface area contributed by atoms with Crippen molar-refractivity contribution in [1.82, 2.24) is 9.80 Å². The highest BCUT2D eigenvalue weighted by Gasteiger charge is 2.35. The minimum atomic E-state index is 0.326. The Kier molecular flexibility index (Phi) is 7.15. The van der Waals surface area contributed by atoms with Crippen LogP contribution >= 0.6 is 0 Å². The van der Waals surface area contributed by atoms with E-state index in [0.717, 1.165) is 19.0 Å². The number of piperazine rings is 1. The summed E-state index contributed by atoms with van der Waals surface area (Å²) >= 11 is 0. The van der Waals surface area contributed by atoms with Gasteiger partial charge in [0.1, 0.15) is 0 Å². The number of anilines is 1. The van der Waals surface area contributed by atoms with Crippen molar-refractivity contribution in [2.24, 2.45) is 0 Å². The Labute approximate surface area is 177 Å². The Morgan fingerprint density at radius 1 is 0.897 bits per heavy atom. The molecule has 3 aliphatic rings. The monoisotopic (exact) mass is 399 g/mol. The number of aliphatic hydroxyl groups is 1. The molecular formula is C25H41N3O. The third-order valence-corrected chi connectivity index (χ3v) is 7.96. The molecule has 4 nitrogen and oxygen atoms in total. The number of aliphatic hydroxyl groups excluding tert-OH is 1. The Hall–Kier alpha value is -1.10. The van der Waals surface area contributed by atoms with E-state index in [0.29, 0.717) is 18.7 Å². The molecule has 29 heavy (non-hydrogen) atoms. The second-order valence-corrected chi connectivity index (χ2v) is 9.63. The molecule has 4 rings (SSSR count). The first-order valence-electron chi connectivity index (χ1n) is 12.1. The van der Waals surface area contributed by atoms with Crippen LogP contribution in [0.3, 0.4) is 0 Å². The molecule has 0 bridgehead atoms. The normalized spacial score (nSPS) is 26.2. The fourth-order valence-corrected chi connectivity index (χ4v) is 6.07. The summed E-state index contributed by atoms with van der Waals surface area (Å²) in [6.45, 7) is 10.7. The molecule has 1 aromatic carbocycles. The molecule has 1 atom stereocenters. The fourth-order valence-electron chi connectivity index (χ4n) is 6.07. The first-order valence-corrected chi connectivity index (χ1v) is 12.1. The zero-order valence-corrected chi connectivity index (χ0v) is 18.7. The van der Waals surface area contributed by atoms with Crippen molar-refractivity contribution in [2.45, 2.75) is 83.3 Å². The van der Waals surface area contributed by atoms with Crippen molar-refractivity contribution in [2.75, 3.05) is 44.2 Å².